The maximum Gasteiger partial charge on any atom is 0.326 e. The number of hydrogen-bond acceptors (Lipinski definition) is 3. The van der Waals surface area contributed by atoms with E-state index < -0.39 is 24.0 Å². The van der Waals surface area contributed by atoms with Crippen molar-refractivity contribution in [3.63, 3.8) is 0 Å². The molecule has 0 saturated carbocycles. The van der Waals surface area contributed by atoms with Crippen LogP contribution in [0.4, 0.5) is 0 Å². The van der Waals surface area contributed by atoms with Crippen molar-refractivity contribution in [2.24, 2.45) is 5.92 Å². The van der Waals surface area contributed by atoms with Gasteiger partial charge in [0.25, 0.3) is 0 Å². The second-order valence-electron chi connectivity index (χ2n) is 5.96. The Morgan fingerprint density at radius 3 is 2.17 bits per heavy atom. The van der Waals surface area contributed by atoms with Crippen molar-refractivity contribution in [2.75, 3.05) is 0 Å². The van der Waals surface area contributed by atoms with Crippen molar-refractivity contribution < 1.29 is 19.5 Å². The second kappa shape index (κ2) is 8.92. The summed E-state index contributed by atoms with van der Waals surface area (Å²) in [6.07, 6.45) is 0.350. The molecule has 0 aliphatic heterocycles. The van der Waals surface area contributed by atoms with Gasteiger partial charge < -0.3 is 15.7 Å². The molecule has 1 rings (SSSR count). The minimum absolute atomic E-state index is 0.00846. The summed E-state index contributed by atoms with van der Waals surface area (Å²) >= 11 is 0. The van der Waals surface area contributed by atoms with Crippen LogP contribution in [0.1, 0.15) is 45.2 Å². The third kappa shape index (κ3) is 6.95. The molecule has 0 spiro atoms. The summed E-state index contributed by atoms with van der Waals surface area (Å²) < 4.78 is 0. The van der Waals surface area contributed by atoms with Gasteiger partial charge in [0.2, 0.25) is 11.8 Å². The van der Waals surface area contributed by atoms with Gasteiger partial charge in [-0.1, -0.05) is 44.2 Å². The number of benzene rings is 1. The van der Waals surface area contributed by atoms with Crippen LogP contribution in [-0.2, 0) is 14.4 Å². The molecule has 0 radical (unpaired) electrons. The summed E-state index contributed by atoms with van der Waals surface area (Å²) in [6.45, 7) is 5.17. The van der Waals surface area contributed by atoms with Crippen molar-refractivity contribution in [3.05, 3.63) is 35.9 Å². The lowest BCUT2D eigenvalue weighted by Crippen LogP contribution is -2.43. The van der Waals surface area contributed by atoms with E-state index in [0.29, 0.717) is 6.42 Å². The SMILES string of the molecule is CC(=O)NC(CC(=O)N[C@@H](CC(C)C)C(=O)O)c1ccccc1. The topological polar surface area (TPSA) is 95.5 Å². The van der Waals surface area contributed by atoms with Gasteiger partial charge in [0, 0.05) is 6.92 Å². The molecule has 3 N–H and O–H groups in total. The van der Waals surface area contributed by atoms with Crippen LogP contribution in [0.3, 0.4) is 0 Å². The smallest absolute Gasteiger partial charge is 0.326 e. The Bertz CT molecular complexity index is 543. The first-order chi connectivity index (χ1) is 10.8. The standard InChI is InChI=1S/C17H24N2O4/c1-11(2)9-15(17(22)23)19-16(21)10-14(18-12(3)20)13-7-5-4-6-8-13/h4-8,11,14-15H,9-10H2,1-3H3,(H,18,20)(H,19,21)(H,22,23)/t14?,15-/m0/s1. The fourth-order valence-corrected chi connectivity index (χ4v) is 2.31. The molecule has 1 aromatic carbocycles. The van der Waals surface area contributed by atoms with Gasteiger partial charge in [0.1, 0.15) is 6.04 Å². The number of carbonyl (C=O) groups excluding carboxylic acids is 2. The number of hydrogen-bond donors (Lipinski definition) is 3. The highest BCUT2D eigenvalue weighted by molar-refractivity contribution is 5.84. The average molecular weight is 320 g/mol. The van der Waals surface area contributed by atoms with Crippen molar-refractivity contribution in [1.82, 2.24) is 10.6 Å². The van der Waals surface area contributed by atoms with E-state index in [1.807, 2.05) is 44.2 Å². The fraction of sp³-hybridized carbons (Fsp3) is 0.471. The number of carbonyl (C=O) groups is 3. The Morgan fingerprint density at radius 2 is 1.70 bits per heavy atom. The Hall–Kier alpha value is -2.37. The van der Waals surface area contributed by atoms with Gasteiger partial charge in [-0.3, -0.25) is 9.59 Å². The number of carboxylic acid groups (broad SMARTS) is 1. The molecule has 2 amide bonds. The Kier molecular flexibility index (Phi) is 7.25. The van der Waals surface area contributed by atoms with E-state index in [0.717, 1.165) is 5.56 Å². The molecule has 126 valence electrons. The van der Waals surface area contributed by atoms with E-state index in [-0.39, 0.29) is 18.2 Å². The summed E-state index contributed by atoms with van der Waals surface area (Å²) in [5, 5.41) is 14.4. The van der Waals surface area contributed by atoms with E-state index in [1.54, 1.807) is 0 Å². The summed E-state index contributed by atoms with van der Waals surface area (Å²) in [4.78, 5) is 34.7. The molecule has 0 heterocycles. The first-order valence-corrected chi connectivity index (χ1v) is 7.63. The summed E-state index contributed by atoms with van der Waals surface area (Å²) in [5.74, 6) is -1.55. The largest absolute Gasteiger partial charge is 0.480 e. The molecule has 0 bridgehead atoms. The number of rotatable bonds is 8. The maximum atomic E-state index is 12.2. The van der Waals surface area contributed by atoms with Crippen LogP contribution in [0.2, 0.25) is 0 Å². The summed E-state index contributed by atoms with van der Waals surface area (Å²) in [6, 6.07) is 7.71. The molecule has 0 fully saturated rings. The van der Waals surface area contributed by atoms with Crippen molar-refractivity contribution in [1.29, 1.82) is 0 Å². The zero-order valence-electron chi connectivity index (χ0n) is 13.7. The van der Waals surface area contributed by atoms with Crippen LogP contribution < -0.4 is 10.6 Å². The number of amides is 2. The van der Waals surface area contributed by atoms with Crippen molar-refractivity contribution >= 4 is 17.8 Å². The van der Waals surface area contributed by atoms with Gasteiger partial charge in [0.05, 0.1) is 12.5 Å². The van der Waals surface area contributed by atoms with Crippen LogP contribution in [0.5, 0.6) is 0 Å². The zero-order chi connectivity index (χ0) is 17.4. The minimum atomic E-state index is -1.05. The number of nitrogens with one attached hydrogen (secondary N) is 2. The predicted octanol–water partition coefficient (Wildman–Crippen LogP) is 1.87. The first-order valence-electron chi connectivity index (χ1n) is 7.63. The maximum absolute atomic E-state index is 12.2. The van der Waals surface area contributed by atoms with E-state index >= 15 is 0 Å². The van der Waals surface area contributed by atoms with Gasteiger partial charge in [-0.15, -0.1) is 0 Å². The Balaban J connectivity index is 2.76. The lowest BCUT2D eigenvalue weighted by molar-refractivity contribution is -0.142. The zero-order valence-corrected chi connectivity index (χ0v) is 13.7. The summed E-state index contributed by atoms with van der Waals surface area (Å²) in [5.41, 5.74) is 0.800. The average Bonchev–Trinajstić information content (AvgIpc) is 2.45. The second-order valence-corrected chi connectivity index (χ2v) is 5.96. The van der Waals surface area contributed by atoms with Crippen molar-refractivity contribution in [2.45, 2.75) is 45.7 Å². The van der Waals surface area contributed by atoms with Crippen molar-refractivity contribution in [3.8, 4) is 0 Å². The molecule has 23 heavy (non-hydrogen) atoms. The van der Waals surface area contributed by atoms with Crippen LogP contribution in [0, 0.1) is 5.92 Å². The molecule has 0 aliphatic rings. The van der Waals surface area contributed by atoms with Crippen LogP contribution in [0.15, 0.2) is 30.3 Å². The lowest BCUT2D eigenvalue weighted by atomic mass is 10.0. The van der Waals surface area contributed by atoms with E-state index in [1.165, 1.54) is 6.92 Å². The fourth-order valence-electron chi connectivity index (χ4n) is 2.31. The van der Waals surface area contributed by atoms with Gasteiger partial charge >= 0.3 is 5.97 Å². The minimum Gasteiger partial charge on any atom is -0.480 e. The van der Waals surface area contributed by atoms with Crippen LogP contribution in [-0.4, -0.2) is 28.9 Å². The van der Waals surface area contributed by atoms with E-state index in [2.05, 4.69) is 10.6 Å². The molecule has 0 saturated heterocycles. The van der Waals surface area contributed by atoms with E-state index in [9.17, 15) is 19.5 Å². The Morgan fingerprint density at radius 1 is 1.09 bits per heavy atom. The van der Waals surface area contributed by atoms with Crippen LogP contribution >= 0.6 is 0 Å². The highest BCUT2D eigenvalue weighted by atomic mass is 16.4. The molecular weight excluding hydrogens is 296 g/mol. The van der Waals surface area contributed by atoms with E-state index in [4.69, 9.17) is 0 Å². The molecule has 0 aromatic heterocycles. The predicted molar refractivity (Wildman–Crippen MR) is 86.6 cm³/mol. The third-order valence-corrected chi connectivity index (χ3v) is 3.31. The monoisotopic (exact) mass is 320 g/mol. The Labute approximate surface area is 136 Å². The molecule has 6 nitrogen and oxygen atoms in total. The highest BCUT2D eigenvalue weighted by Gasteiger charge is 2.23. The third-order valence-electron chi connectivity index (χ3n) is 3.31. The first kappa shape index (κ1) is 18.7. The van der Waals surface area contributed by atoms with Gasteiger partial charge in [-0.05, 0) is 17.9 Å². The normalized spacial score (nSPS) is 13.2. The molecular formula is C17H24N2O4. The number of aliphatic carboxylic acids is 1. The van der Waals surface area contributed by atoms with Crippen LogP contribution in [0.25, 0.3) is 0 Å². The lowest BCUT2D eigenvalue weighted by Gasteiger charge is -2.21. The molecule has 0 aliphatic carbocycles. The summed E-state index contributed by atoms with van der Waals surface area (Å²) in [7, 11) is 0. The van der Waals surface area contributed by atoms with Gasteiger partial charge in [0.15, 0.2) is 0 Å². The molecule has 1 unspecified atom stereocenters. The van der Waals surface area contributed by atoms with Gasteiger partial charge in [-0.25, -0.2) is 4.79 Å². The molecule has 1 aromatic rings. The molecule has 2 atom stereocenters. The number of carboxylic acids is 1. The molecule has 6 heteroatoms. The highest BCUT2D eigenvalue weighted by Crippen LogP contribution is 2.17. The van der Waals surface area contributed by atoms with Gasteiger partial charge in [-0.2, -0.15) is 0 Å². The quantitative estimate of drug-likeness (QED) is 0.681.